The first-order valence-electron chi connectivity index (χ1n) is 39.6. The summed E-state index contributed by atoms with van der Waals surface area (Å²) in [5.41, 5.74) is 13.3. The average molecular weight is 1970 g/mol. The molecule has 8 bridgehead atoms. The number of hydrogen-bond donors (Lipinski definition) is 7. The number of benzene rings is 8. The Morgan fingerprint density at radius 3 is 1.46 bits per heavy atom. The van der Waals surface area contributed by atoms with Crippen LogP contribution in [-0.4, -0.2) is 217 Å². The smallest absolute Gasteiger partial charge is 0.460 e. The van der Waals surface area contributed by atoms with Gasteiger partial charge in [-0.25, -0.2) is 81.5 Å². The van der Waals surface area contributed by atoms with Crippen LogP contribution in [0.1, 0.15) is 101 Å². The molecule has 1 atom stereocenters. The first-order chi connectivity index (χ1) is 60.9. The topological polar surface area (TPSA) is 518 Å². The molecule has 1 unspecified atom stereocenters. The van der Waals surface area contributed by atoms with Gasteiger partial charge >= 0.3 is 34.1 Å². The zero-order valence-electron chi connectivity index (χ0n) is 71.5. The third kappa shape index (κ3) is 28.0. The Morgan fingerprint density at radius 1 is 0.481 bits per heavy atom. The van der Waals surface area contributed by atoms with Crippen LogP contribution in [0.2, 0.25) is 0 Å². The number of aliphatic imine (C=N–C) groups is 10. The van der Waals surface area contributed by atoms with Crippen molar-refractivity contribution < 1.29 is 104 Å². The van der Waals surface area contributed by atoms with Gasteiger partial charge in [-0.1, -0.05) is 182 Å². The first-order valence-corrected chi connectivity index (χ1v) is 49.4. The molecule has 690 valence electrons. The number of amidine groups is 9. The Hall–Kier alpha value is -10.1. The van der Waals surface area contributed by atoms with Gasteiger partial charge in [0.05, 0.1) is 97.4 Å². The van der Waals surface area contributed by atoms with Crippen LogP contribution in [-0.2, 0) is 119 Å². The minimum Gasteiger partial charge on any atom is -0.460 e. The van der Waals surface area contributed by atoms with E-state index in [-0.39, 0.29) is 71.2 Å². The van der Waals surface area contributed by atoms with Gasteiger partial charge in [0.25, 0.3) is 0 Å². The molecule has 0 saturated heterocycles. The SMILES string of the molecule is C1=NC(=Nc2[n-]c(N=C3N=C(N=C4[N-]Cc5c4ccc4ccc6c(c54)C4=NC5=NC(=Nc7[n-]c(c8ccccc78)N=C7N=C(NC6[N-]4)c4ccccc47)c4ccccc45)c4ccccc43)c3ccccc23)c2ccccc21.CCOCCS(=O)(=O)NC.CCOCCS(=O)(=O)NC.CCOCCS(=O)(=O)NC.CCOCCSOONC.CS(N)(=O)=O.CS(N)(=O)=O.[Cu+2].[Cu+2]. The van der Waals surface area contributed by atoms with E-state index >= 15 is 0 Å². The summed E-state index contributed by atoms with van der Waals surface area (Å²) in [6.07, 6.45) is 3.15. The molecule has 9 heterocycles. The number of hydroxylamine groups is 1. The molecule has 2 radical (unpaired) electrons. The molecule has 129 heavy (non-hydrogen) atoms. The summed E-state index contributed by atoms with van der Waals surface area (Å²) < 4.78 is 132. The maximum atomic E-state index is 10.7. The summed E-state index contributed by atoms with van der Waals surface area (Å²) in [7, 11) is -9.73. The van der Waals surface area contributed by atoms with Crippen LogP contribution < -0.4 is 45.2 Å². The fraction of sp³-hybridized carbons (Fsp3) is 0.286. The third-order valence-electron chi connectivity index (χ3n) is 18.6. The van der Waals surface area contributed by atoms with Crippen LogP contribution in [0.25, 0.3) is 43.0 Å². The molecule has 0 fully saturated rings. The summed E-state index contributed by atoms with van der Waals surface area (Å²) in [5, 5.41) is 28.4. The summed E-state index contributed by atoms with van der Waals surface area (Å²) >= 11 is 1.21. The number of fused-ring (bicyclic) bond motifs is 25. The van der Waals surface area contributed by atoms with Gasteiger partial charge < -0.3 is 74.8 Å². The number of nitrogens with two attached hydrogens (primary N) is 2. The van der Waals surface area contributed by atoms with Crippen LogP contribution in [0.5, 0.6) is 0 Å². The second-order valence-electron chi connectivity index (χ2n) is 27.4. The average Bonchev–Trinajstić information content (AvgIpc) is 1.58. The van der Waals surface area contributed by atoms with Crippen LogP contribution in [0.4, 0.5) is 23.3 Å². The monoisotopic (exact) mass is 1970 g/mol. The summed E-state index contributed by atoms with van der Waals surface area (Å²) in [6.45, 7) is 11.7. The number of hydrogen-bond acceptors (Lipinski definition) is 27. The number of ether oxygens (including phenoxy) is 4. The van der Waals surface area contributed by atoms with E-state index in [1.807, 2.05) is 173 Å². The van der Waals surface area contributed by atoms with Crippen LogP contribution in [0.15, 0.2) is 220 Å². The predicted molar refractivity (Wildman–Crippen MR) is 502 cm³/mol. The number of primary sulfonamides is 2. The van der Waals surface area contributed by atoms with E-state index in [1.165, 1.54) is 33.2 Å². The fourth-order valence-electron chi connectivity index (χ4n) is 12.9. The molecule has 0 saturated carbocycles. The molecule has 2 aromatic heterocycles. The number of nitrogens with one attached hydrogen (secondary N) is 5. The molecule has 0 amide bonds. The largest absolute Gasteiger partial charge is 2.00 e. The summed E-state index contributed by atoms with van der Waals surface area (Å²) in [6, 6.07) is 56.7. The van der Waals surface area contributed by atoms with E-state index < -0.39 is 56.3 Å². The van der Waals surface area contributed by atoms with Crippen molar-refractivity contribution in [2.45, 2.75) is 40.4 Å². The van der Waals surface area contributed by atoms with Crippen LogP contribution >= 0.6 is 12.0 Å². The second kappa shape index (κ2) is 47.6. The summed E-state index contributed by atoms with van der Waals surface area (Å²) in [5.74, 6) is 7.96. The van der Waals surface area contributed by atoms with Crippen molar-refractivity contribution in [2.24, 2.45) is 60.2 Å². The van der Waals surface area contributed by atoms with Gasteiger partial charge in [0, 0.05) is 125 Å². The van der Waals surface area contributed by atoms with E-state index in [1.54, 1.807) is 7.05 Å². The molecule has 37 nitrogen and oxygen atoms in total. The molecule has 10 aromatic rings. The van der Waals surface area contributed by atoms with Crippen molar-refractivity contribution >= 4 is 176 Å². The second-order valence-corrected chi connectivity index (χ2v) is 37.7. The predicted octanol–water partition coefficient (Wildman–Crippen LogP) is 9.13. The molecule has 0 aliphatic carbocycles. The maximum absolute atomic E-state index is 10.7. The van der Waals surface area contributed by atoms with Crippen LogP contribution in [0, 0.1) is 0 Å². The van der Waals surface area contributed by atoms with Crippen molar-refractivity contribution in [3.8, 4) is 0 Å². The zero-order chi connectivity index (χ0) is 91.1. The van der Waals surface area contributed by atoms with E-state index in [4.69, 9.17) is 84.5 Å². The van der Waals surface area contributed by atoms with Crippen molar-refractivity contribution in [3.05, 3.63) is 247 Å². The number of sulfonamides is 5. The van der Waals surface area contributed by atoms with Crippen LogP contribution in [0.3, 0.4) is 0 Å². The fourth-order valence-corrected chi connectivity index (χ4v) is 14.9. The van der Waals surface area contributed by atoms with Gasteiger partial charge in [0.2, 0.25) is 50.1 Å². The van der Waals surface area contributed by atoms with Gasteiger partial charge in [-0.15, -0.1) is 9.32 Å². The third-order valence-corrected chi connectivity index (χ3v) is 23.1. The Kier molecular flexibility index (Phi) is 37.9. The first kappa shape index (κ1) is 103. The maximum Gasteiger partial charge on any atom is 2.00 e. The van der Waals surface area contributed by atoms with Gasteiger partial charge in [-0.2, -0.15) is 5.48 Å². The molecular formula is C84H95Cu2N21O16S6. The molecule has 0 spiro atoms. The molecule has 7 aliphatic rings. The molecule has 9 N–H and O–H groups in total. The van der Waals surface area contributed by atoms with Crippen molar-refractivity contribution in [2.75, 3.05) is 117 Å². The molecule has 45 heteroatoms. The van der Waals surface area contributed by atoms with Crippen molar-refractivity contribution in [3.63, 3.8) is 0 Å². The Labute approximate surface area is 774 Å². The molecule has 17 rings (SSSR count). The number of nitrogens with zero attached hydrogens (tertiary/aromatic N) is 14. The van der Waals surface area contributed by atoms with Crippen molar-refractivity contribution in [1.82, 2.24) is 34.9 Å². The zero-order valence-corrected chi connectivity index (χ0v) is 78.3. The molecule has 7 aliphatic heterocycles. The Bertz CT molecular complexity index is 6500. The molecule has 8 aromatic carbocycles. The normalized spacial score (nSPS) is 15.5. The quantitative estimate of drug-likeness (QED) is 0.00974. The van der Waals surface area contributed by atoms with Gasteiger partial charge in [-0.3, -0.25) is 4.99 Å². The standard InChI is InChI=1S/C62H33N15.4C5H13NO3S.2CH5NO2S.2Cu/c1-2-14-33-32(13-1)29-63-49(33)65-51-34-15-3-5-17-36(34)53(67-51)69-54-37-18-6-4-16-35(37)52(68-54)66-50-44-27-25-31-26-28-45-48(47(31)46(44)30-64-50)62-76-60-43-24-12-11-23-42(43)58(74-60)72-56-39-20-8-7-19-38(39)55(70-56)71-57-40-21-9-10-22-41(40)59(73-57)75-61(45)77-62;3*1-3-9-4-5-10(7,8)6-2;1-3-7-4-5-10-9-8-6-2;2*1-5(2,3)4;;/h1-29,61H,30H2,(H-2,64,66,68,69,71,72,73,74,75,76,77);4*6H,3-5H2,1-2H3;2*1H3,(H2,2,3,4);;/q-4;;;;;;;2*+2. The van der Waals surface area contributed by atoms with E-state index in [0.717, 1.165) is 124 Å². The number of rotatable bonds is 24. The minimum atomic E-state index is -3.17. The summed E-state index contributed by atoms with van der Waals surface area (Å²) in [4.78, 5) is 65.3. The molecular weight excluding hydrogens is 1880 g/mol. The Morgan fingerprint density at radius 2 is 0.930 bits per heavy atom. The van der Waals surface area contributed by atoms with Gasteiger partial charge in [0.1, 0.15) is 5.84 Å². The van der Waals surface area contributed by atoms with Gasteiger partial charge in [0.15, 0.2) is 0 Å². The number of aromatic nitrogens is 2. The van der Waals surface area contributed by atoms with E-state index in [2.05, 4.69) is 79.9 Å². The Balaban J connectivity index is 0.000000295. The van der Waals surface area contributed by atoms with E-state index in [9.17, 15) is 42.1 Å². The van der Waals surface area contributed by atoms with Crippen molar-refractivity contribution in [1.29, 1.82) is 0 Å². The van der Waals surface area contributed by atoms with E-state index in [0.29, 0.717) is 109 Å². The van der Waals surface area contributed by atoms with Gasteiger partial charge in [-0.05, 0) is 110 Å². The minimum absolute atomic E-state index is 0.